The quantitative estimate of drug-likeness (QED) is 0.770. The van der Waals surface area contributed by atoms with Crippen LogP contribution in [0.5, 0.6) is 5.88 Å². The first-order chi connectivity index (χ1) is 12.4. The fraction of sp³-hybridized carbons (Fsp3) is 0.421. The Morgan fingerprint density at radius 2 is 1.77 bits per heavy atom. The molecule has 0 aliphatic heterocycles. The summed E-state index contributed by atoms with van der Waals surface area (Å²) in [7, 11) is 3.10. The van der Waals surface area contributed by atoms with Gasteiger partial charge in [-0.2, -0.15) is 0 Å². The molecular weight excluding hydrogens is 332 g/mol. The van der Waals surface area contributed by atoms with Crippen molar-refractivity contribution in [3.05, 3.63) is 50.9 Å². The van der Waals surface area contributed by atoms with Crippen molar-refractivity contribution >= 4 is 11.9 Å². The number of hydrogen-bond acceptors (Lipinski definition) is 5. The molecule has 26 heavy (non-hydrogen) atoms. The third kappa shape index (κ3) is 4.11. The summed E-state index contributed by atoms with van der Waals surface area (Å²) in [5.41, 5.74) is 4.23. The zero-order chi connectivity index (χ0) is 19.3. The largest absolute Gasteiger partial charge is 0.482 e. The lowest BCUT2D eigenvalue weighted by atomic mass is 10.1. The molecule has 0 bridgehead atoms. The molecular formula is C19H26N4O3. The van der Waals surface area contributed by atoms with E-state index in [1.165, 1.54) is 28.0 Å². The van der Waals surface area contributed by atoms with Crippen LogP contribution in [0.2, 0.25) is 0 Å². The molecule has 0 spiro atoms. The maximum atomic E-state index is 12.9. The molecule has 0 aliphatic rings. The summed E-state index contributed by atoms with van der Waals surface area (Å²) in [5.74, 6) is 0.412. The second-order valence-corrected chi connectivity index (χ2v) is 6.15. The molecule has 0 saturated carbocycles. The average Bonchev–Trinajstić information content (AvgIpc) is 2.59. The molecule has 7 heteroatoms. The lowest BCUT2D eigenvalue weighted by molar-refractivity contribution is 0.180. The first-order valence-electron chi connectivity index (χ1n) is 8.42. The average molecular weight is 358 g/mol. The van der Waals surface area contributed by atoms with Crippen LogP contribution in [-0.4, -0.2) is 36.2 Å². The van der Waals surface area contributed by atoms with Crippen molar-refractivity contribution in [1.29, 1.82) is 5.41 Å². The number of hydrogen-bond donors (Lipinski definition) is 1. The van der Waals surface area contributed by atoms with Gasteiger partial charge in [0.15, 0.2) is 0 Å². The molecule has 140 valence electrons. The highest BCUT2D eigenvalue weighted by Gasteiger charge is 2.11. The standard InChI is InChI=1S/C19H26N4O3/c1-13-10-14(2)18(15(3)11-13)21-16-12-17(26-5)23(8-9-25-4)19(24)22(16)7-6-20/h6,10-12,20H,7-9H2,1-5H3/b20-6?,21-16+. The normalized spacial score (nSPS) is 11.7. The Kier molecular flexibility index (Phi) is 6.52. The first-order valence-corrected chi connectivity index (χ1v) is 8.42. The van der Waals surface area contributed by atoms with Crippen LogP contribution in [0, 0.1) is 26.2 Å². The molecule has 0 fully saturated rings. The van der Waals surface area contributed by atoms with Gasteiger partial charge in [0, 0.05) is 19.4 Å². The molecule has 0 aliphatic carbocycles. The number of aromatic nitrogens is 2. The van der Waals surface area contributed by atoms with Crippen LogP contribution in [-0.2, 0) is 17.8 Å². The zero-order valence-electron chi connectivity index (χ0n) is 16.0. The van der Waals surface area contributed by atoms with Crippen molar-refractivity contribution in [3.63, 3.8) is 0 Å². The predicted molar refractivity (Wildman–Crippen MR) is 102 cm³/mol. The van der Waals surface area contributed by atoms with Gasteiger partial charge >= 0.3 is 5.69 Å². The molecule has 1 aromatic heterocycles. The van der Waals surface area contributed by atoms with E-state index in [0.717, 1.165) is 16.8 Å². The summed E-state index contributed by atoms with van der Waals surface area (Å²) >= 11 is 0. The molecule has 2 aromatic rings. The number of benzene rings is 1. The minimum absolute atomic E-state index is 0.137. The van der Waals surface area contributed by atoms with Gasteiger partial charge in [0.2, 0.25) is 5.88 Å². The van der Waals surface area contributed by atoms with Crippen LogP contribution in [0.15, 0.2) is 28.0 Å². The van der Waals surface area contributed by atoms with Crippen molar-refractivity contribution in [3.8, 4) is 5.88 Å². The number of nitrogens with zero attached hydrogens (tertiary/aromatic N) is 3. The maximum absolute atomic E-state index is 12.9. The van der Waals surface area contributed by atoms with E-state index >= 15 is 0 Å². The third-order valence-electron chi connectivity index (χ3n) is 4.12. The van der Waals surface area contributed by atoms with Crippen molar-refractivity contribution in [2.45, 2.75) is 33.9 Å². The van der Waals surface area contributed by atoms with E-state index < -0.39 is 0 Å². The number of nitrogens with one attached hydrogen (secondary N) is 1. The number of methoxy groups -OCH3 is 2. The van der Waals surface area contributed by atoms with Crippen LogP contribution in [0.4, 0.5) is 5.69 Å². The van der Waals surface area contributed by atoms with E-state index in [1.54, 1.807) is 13.2 Å². The predicted octanol–water partition coefficient (Wildman–Crippen LogP) is 2.11. The third-order valence-corrected chi connectivity index (χ3v) is 4.12. The fourth-order valence-electron chi connectivity index (χ4n) is 2.98. The van der Waals surface area contributed by atoms with E-state index in [4.69, 9.17) is 19.9 Å². The molecule has 1 N–H and O–H groups in total. The number of ether oxygens (including phenoxy) is 2. The highest BCUT2D eigenvalue weighted by Crippen LogP contribution is 2.24. The zero-order valence-corrected chi connectivity index (χ0v) is 16.0. The Hall–Kier alpha value is -2.67. The van der Waals surface area contributed by atoms with E-state index in [2.05, 4.69) is 12.1 Å². The van der Waals surface area contributed by atoms with Gasteiger partial charge in [-0.1, -0.05) is 17.7 Å². The van der Waals surface area contributed by atoms with Crippen molar-refractivity contribution in [2.75, 3.05) is 20.8 Å². The molecule has 0 unspecified atom stereocenters. The Labute approximate surface area is 153 Å². The molecule has 1 aromatic carbocycles. The highest BCUT2D eigenvalue weighted by molar-refractivity contribution is 5.54. The fourth-order valence-corrected chi connectivity index (χ4v) is 2.98. The summed E-state index contributed by atoms with van der Waals surface area (Å²) < 4.78 is 13.4. The molecule has 1 heterocycles. The summed E-state index contributed by atoms with van der Waals surface area (Å²) in [4.78, 5) is 17.6. The van der Waals surface area contributed by atoms with Gasteiger partial charge in [0.25, 0.3) is 0 Å². The molecule has 0 radical (unpaired) electrons. The topological polar surface area (TPSA) is 81.6 Å². The second kappa shape index (κ2) is 8.62. The molecule has 0 saturated heterocycles. The van der Waals surface area contributed by atoms with Crippen molar-refractivity contribution in [2.24, 2.45) is 4.99 Å². The number of aryl methyl sites for hydroxylation is 3. The van der Waals surface area contributed by atoms with Crippen LogP contribution in [0.25, 0.3) is 0 Å². The summed E-state index contributed by atoms with van der Waals surface area (Å²) in [5, 5.41) is 7.44. The van der Waals surface area contributed by atoms with Gasteiger partial charge in [0.1, 0.15) is 5.49 Å². The van der Waals surface area contributed by atoms with Crippen LogP contribution >= 0.6 is 0 Å². The molecule has 0 amide bonds. The Morgan fingerprint density at radius 1 is 1.12 bits per heavy atom. The van der Waals surface area contributed by atoms with Crippen LogP contribution in [0.1, 0.15) is 16.7 Å². The smallest absolute Gasteiger partial charge is 0.332 e. The Morgan fingerprint density at radius 3 is 2.31 bits per heavy atom. The van der Waals surface area contributed by atoms with E-state index in [-0.39, 0.29) is 12.2 Å². The monoisotopic (exact) mass is 358 g/mol. The van der Waals surface area contributed by atoms with Crippen molar-refractivity contribution in [1.82, 2.24) is 9.13 Å². The van der Waals surface area contributed by atoms with Gasteiger partial charge in [-0.25, -0.2) is 9.79 Å². The minimum atomic E-state index is -0.286. The van der Waals surface area contributed by atoms with Crippen LogP contribution in [0.3, 0.4) is 0 Å². The van der Waals surface area contributed by atoms with Crippen molar-refractivity contribution < 1.29 is 9.47 Å². The summed E-state index contributed by atoms with van der Waals surface area (Å²) in [6.45, 7) is 6.91. The van der Waals surface area contributed by atoms with Gasteiger partial charge < -0.3 is 14.9 Å². The van der Waals surface area contributed by atoms with Gasteiger partial charge in [-0.3, -0.25) is 9.13 Å². The summed E-state index contributed by atoms with van der Waals surface area (Å²) in [6.07, 6.45) is 1.18. The lowest BCUT2D eigenvalue weighted by Gasteiger charge is -2.15. The Balaban J connectivity index is 2.78. The van der Waals surface area contributed by atoms with Crippen LogP contribution < -0.4 is 15.9 Å². The Bertz CT molecular complexity index is 902. The maximum Gasteiger partial charge on any atom is 0.332 e. The molecule has 7 nitrogen and oxygen atoms in total. The molecule has 0 atom stereocenters. The second-order valence-electron chi connectivity index (χ2n) is 6.15. The van der Waals surface area contributed by atoms with E-state index in [1.807, 2.05) is 20.8 Å². The minimum Gasteiger partial charge on any atom is -0.482 e. The van der Waals surface area contributed by atoms with Gasteiger partial charge in [-0.15, -0.1) is 0 Å². The lowest BCUT2D eigenvalue weighted by Crippen LogP contribution is -2.41. The molecule has 2 rings (SSSR count). The highest BCUT2D eigenvalue weighted by atomic mass is 16.5. The first kappa shape index (κ1) is 19.7. The van der Waals surface area contributed by atoms with E-state index in [0.29, 0.717) is 24.5 Å². The van der Waals surface area contributed by atoms with Gasteiger partial charge in [-0.05, 0) is 31.9 Å². The summed E-state index contributed by atoms with van der Waals surface area (Å²) in [6, 6.07) is 5.84. The number of rotatable bonds is 7. The van der Waals surface area contributed by atoms with E-state index in [9.17, 15) is 4.79 Å². The SMILES string of the molecule is COCCn1c(OC)c/c(=N\c2c(C)cc(C)cc2C)n(CC=N)c1=O. The van der Waals surface area contributed by atoms with Gasteiger partial charge in [0.05, 0.1) is 32.5 Å².